The van der Waals surface area contributed by atoms with Gasteiger partial charge in [0.25, 0.3) is 15.9 Å². The number of sulfonamides is 1. The van der Waals surface area contributed by atoms with Crippen molar-refractivity contribution in [3.8, 4) is 0 Å². The van der Waals surface area contributed by atoms with Gasteiger partial charge in [-0.15, -0.1) is 13.2 Å². The van der Waals surface area contributed by atoms with Crippen molar-refractivity contribution in [3.05, 3.63) is 96.7 Å². The van der Waals surface area contributed by atoms with Gasteiger partial charge in [-0.2, -0.15) is 0 Å². The standard InChI is InChI=1S/C21H20F3N3O4S/c1-16(5-2-3-14-31-21(22,23)24)27-32(29,30)19-9-7-18(8-10-19)20(28)26-13-11-17-6-4-12-25-15-17/h2-10,12,14-15,27H,1,11,13H2,(H,26,28)/b5-2-,14-3-. The molecule has 0 aliphatic heterocycles. The Bertz CT molecular complexity index is 1080. The van der Waals surface area contributed by atoms with Gasteiger partial charge in [-0.25, -0.2) is 8.42 Å². The van der Waals surface area contributed by atoms with E-state index in [0.29, 0.717) is 19.2 Å². The number of alkyl halides is 3. The number of hydrogen-bond donors (Lipinski definition) is 2. The van der Waals surface area contributed by atoms with Crippen molar-refractivity contribution >= 4 is 15.9 Å². The highest BCUT2D eigenvalue weighted by molar-refractivity contribution is 7.89. The van der Waals surface area contributed by atoms with E-state index in [1.54, 1.807) is 18.5 Å². The molecule has 1 aromatic heterocycles. The number of halogens is 3. The first kappa shape index (κ1) is 24.7. The molecule has 0 fully saturated rings. The average molecular weight is 467 g/mol. The van der Waals surface area contributed by atoms with Crippen LogP contribution in [-0.4, -0.2) is 32.2 Å². The summed E-state index contributed by atoms with van der Waals surface area (Å²) in [6, 6.07) is 8.93. The van der Waals surface area contributed by atoms with Gasteiger partial charge in [0.15, 0.2) is 0 Å². The van der Waals surface area contributed by atoms with Crippen LogP contribution in [0.15, 0.2) is 90.5 Å². The van der Waals surface area contributed by atoms with Crippen molar-refractivity contribution in [1.82, 2.24) is 15.0 Å². The predicted octanol–water partition coefficient (Wildman–Crippen LogP) is 3.45. The lowest BCUT2D eigenvalue weighted by Crippen LogP contribution is -2.26. The number of nitrogens with one attached hydrogen (secondary N) is 2. The second-order valence-corrected chi connectivity index (χ2v) is 7.96. The lowest BCUT2D eigenvalue weighted by Gasteiger charge is -2.09. The van der Waals surface area contributed by atoms with Gasteiger partial charge in [-0.1, -0.05) is 18.7 Å². The Hall–Kier alpha value is -3.60. The summed E-state index contributed by atoms with van der Waals surface area (Å²) < 4.78 is 65.8. The van der Waals surface area contributed by atoms with E-state index in [1.807, 2.05) is 6.07 Å². The number of amides is 1. The summed E-state index contributed by atoms with van der Waals surface area (Å²) in [6.07, 6.45) is 2.76. The Morgan fingerprint density at radius 3 is 2.50 bits per heavy atom. The van der Waals surface area contributed by atoms with Gasteiger partial charge in [0, 0.05) is 30.2 Å². The Labute approximate surface area is 183 Å². The fraction of sp³-hybridized carbons (Fsp3) is 0.143. The molecule has 170 valence electrons. The molecular weight excluding hydrogens is 447 g/mol. The number of rotatable bonds is 10. The second kappa shape index (κ2) is 11.1. The van der Waals surface area contributed by atoms with Crippen LogP contribution in [0.5, 0.6) is 0 Å². The van der Waals surface area contributed by atoms with Gasteiger partial charge in [0.05, 0.1) is 11.2 Å². The van der Waals surface area contributed by atoms with Gasteiger partial charge >= 0.3 is 6.36 Å². The molecule has 32 heavy (non-hydrogen) atoms. The molecule has 0 atom stereocenters. The van der Waals surface area contributed by atoms with E-state index in [4.69, 9.17) is 0 Å². The summed E-state index contributed by atoms with van der Waals surface area (Å²) in [4.78, 5) is 16.1. The van der Waals surface area contributed by atoms with Gasteiger partial charge in [0.1, 0.15) is 0 Å². The fourth-order valence-electron chi connectivity index (χ4n) is 2.35. The molecule has 0 radical (unpaired) electrons. The van der Waals surface area contributed by atoms with E-state index in [9.17, 15) is 26.4 Å². The first-order valence-electron chi connectivity index (χ1n) is 9.13. The Morgan fingerprint density at radius 1 is 1.16 bits per heavy atom. The summed E-state index contributed by atoms with van der Waals surface area (Å²) in [6.45, 7) is 3.86. The van der Waals surface area contributed by atoms with Crippen LogP contribution in [-0.2, 0) is 21.2 Å². The fourth-order valence-corrected chi connectivity index (χ4v) is 3.38. The third-order valence-corrected chi connectivity index (χ3v) is 5.23. The molecule has 2 N–H and O–H groups in total. The molecule has 1 amide bonds. The highest BCUT2D eigenvalue weighted by Crippen LogP contribution is 2.16. The molecule has 11 heteroatoms. The maximum Gasteiger partial charge on any atom is 0.572 e. The lowest BCUT2D eigenvalue weighted by atomic mass is 10.2. The number of pyridine rings is 1. The highest BCUT2D eigenvalue weighted by Gasteiger charge is 2.28. The highest BCUT2D eigenvalue weighted by atomic mass is 32.2. The van der Waals surface area contributed by atoms with Gasteiger partial charge in [0.2, 0.25) is 0 Å². The van der Waals surface area contributed by atoms with Gasteiger partial charge in [-0.3, -0.25) is 14.5 Å². The third kappa shape index (κ3) is 8.64. The van der Waals surface area contributed by atoms with Crippen LogP contribution >= 0.6 is 0 Å². The summed E-state index contributed by atoms with van der Waals surface area (Å²) >= 11 is 0. The van der Waals surface area contributed by atoms with E-state index >= 15 is 0 Å². The Kier molecular flexibility index (Phi) is 8.59. The first-order valence-corrected chi connectivity index (χ1v) is 10.6. The number of aromatic nitrogens is 1. The van der Waals surface area contributed by atoms with Crippen LogP contribution in [0.4, 0.5) is 13.2 Å². The zero-order chi connectivity index (χ0) is 23.6. The predicted molar refractivity (Wildman–Crippen MR) is 112 cm³/mol. The van der Waals surface area contributed by atoms with Gasteiger partial charge in [-0.05, 0) is 54.5 Å². The molecule has 0 aliphatic carbocycles. The van der Waals surface area contributed by atoms with Crippen molar-refractivity contribution < 1.29 is 31.1 Å². The minimum atomic E-state index is -4.80. The maximum atomic E-state index is 12.4. The monoisotopic (exact) mass is 467 g/mol. The van der Waals surface area contributed by atoms with Crippen molar-refractivity contribution in [2.75, 3.05) is 6.54 Å². The largest absolute Gasteiger partial charge is 0.572 e. The van der Waals surface area contributed by atoms with E-state index < -0.39 is 16.4 Å². The van der Waals surface area contributed by atoms with Crippen molar-refractivity contribution in [2.24, 2.45) is 0 Å². The van der Waals surface area contributed by atoms with E-state index in [2.05, 4.69) is 26.3 Å². The second-order valence-electron chi connectivity index (χ2n) is 6.27. The summed E-state index contributed by atoms with van der Waals surface area (Å²) in [5, 5.41) is 2.74. The Balaban J connectivity index is 1.88. The van der Waals surface area contributed by atoms with E-state index in [-0.39, 0.29) is 22.1 Å². The number of allylic oxidation sites excluding steroid dienone is 3. The smallest absolute Gasteiger partial charge is 0.414 e. The van der Waals surface area contributed by atoms with E-state index in [1.165, 1.54) is 24.3 Å². The minimum Gasteiger partial charge on any atom is -0.414 e. The normalized spacial score (nSPS) is 12.1. The minimum absolute atomic E-state index is 0.0844. The SMILES string of the molecule is C=C(/C=C\C=C/OC(F)(F)F)NS(=O)(=O)c1ccc(C(=O)NCCc2cccnc2)cc1. The van der Waals surface area contributed by atoms with Crippen LogP contribution < -0.4 is 10.0 Å². The molecule has 0 saturated heterocycles. The van der Waals surface area contributed by atoms with E-state index in [0.717, 1.165) is 23.8 Å². The zero-order valence-corrected chi connectivity index (χ0v) is 17.5. The van der Waals surface area contributed by atoms with Crippen molar-refractivity contribution in [1.29, 1.82) is 0 Å². The number of ether oxygens (including phenoxy) is 1. The topological polar surface area (TPSA) is 97.4 Å². The zero-order valence-electron chi connectivity index (χ0n) is 16.7. The van der Waals surface area contributed by atoms with Crippen LogP contribution in [0.3, 0.4) is 0 Å². The molecule has 2 aromatic rings. The average Bonchev–Trinajstić information content (AvgIpc) is 2.73. The van der Waals surface area contributed by atoms with Crippen molar-refractivity contribution in [3.63, 3.8) is 0 Å². The summed E-state index contributed by atoms with van der Waals surface area (Å²) in [5.41, 5.74) is 1.17. The maximum absolute atomic E-state index is 12.4. The summed E-state index contributed by atoms with van der Waals surface area (Å²) in [7, 11) is -4.00. The van der Waals surface area contributed by atoms with Crippen molar-refractivity contribution in [2.45, 2.75) is 17.7 Å². The summed E-state index contributed by atoms with van der Waals surface area (Å²) in [5.74, 6) is -0.356. The molecule has 0 unspecified atom stereocenters. The molecule has 0 aliphatic rings. The molecule has 1 aromatic carbocycles. The van der Waals surface area contributed by atoms with Crippen LogP contribution in [0, 0.1) is 0 Å². The first-order chi connectivity index (χ1) is 15.1. The molecule has 0 bridgehead atoms. The molecule has 0 saturated carbocycles. The molecule has 7 nitrogen and oxygen atoms in total. The molecule has 0 spiro atoms. The van der Waals surface area contributed by atoms with Crippen LogP contribution in [0.25, 0.3) is 0 Å². The number of hydrogen-bond acceptors (Lipinski definition) is 5. The molecular formula is C21H20F3N3O4S. The van der Waals surface area contributed by atoms with Crippen LogP contribution in [0.1, 0.15) is 15.9 Å². The molecule has 2 rings (SSSR count). The lowest BCUT2D eigenvalue weighted by molar-refractivity contribution is -0.298. The Morgan fingerprint density at radius 2 is 1.88 bits per heavy atom. The van der Waals surface area contributed by atoms with Gasteiger partial charge < -0.3 is 10.1 Å². The molecule has 1 heterocycles. The number of nitrogens with zero attached hydrogens (tertiary/aromatic N) is 1. The number of carbonyl (C=O) groups excluding carboxylic acids is 1. The van der Waals surface area contributed by atoms with Crippen LogP contribution in [0.2, 0.25) is 0 Å². The quantitative estimate of drug-likeness (QED) is 0.412. The third-order valence-electron chi connectivity index (χ3n) is 3.80. The number of benzene rings is 1. The number of carbonyl (C=O) groups is 1.